The van der Waals surface area contributed by atoms with Crippen LogP contribution in [0.5, 0.6) is 0 Å². The van der Waals surface area contributed by atoms with Gasteiger partial charge in [0.2, 0.25) is 0 Å². The maximum atomic E-state index is 6.20. The molecule has 2 rings (SSSR count). The summed E-state index contributed by atoms with van der Waals surface area (Å²) in [5, 5.41) is 3.72. The van der Waals surface area contributed by atoms with Gasteiger partial charge in [0.15, 0.2) is 0 Å². The lowest BCUT2D eigenvalue weighted by molar-refractivity contribution is 0.207. The highest BCUT2D eigenvalue weighted by atomic mass is 28.4. The minimum atomic E-state index is -2.62. The quantitative estimate of drug-likeness (QED) is 0.755. The molecule has 22 heavy (non-hydrogen) atoms. The van der Waals surface area contributed by atoms with Gasteiger partial charge in [0, 0.05) is 24.4 Å². The van der Waals surface area contributed by atoms with E-state index in [9.17, 15) is 0 Å². The lowest BCUT2D eigenvalue weighted by Gasteiger charge is -2.45. The van der Waals surface area contributed by atoms with Crippen molar-refractivity contribution in [2.75, 3.05) is 14.2 Å². The molecule has 2 aromatic rings. The second-order valence-corrected chi connectivity index (χ2v) is 10.7. The third-order valence-electron chi connectivity index (χ3n) is 5.33. The fraction of sp³-hybridized carbons (Fsp3) is 0.474. The van der Waals surface area contributed by atoms with E-state index in [2.05, 4.69) is 71.0 Å². The molecule has 0 aliphatic carbocycles. The molecular formula is C19H28O2Si. The number of fused-ring (bicyclic) bond motifs is 1. The summed E-state index contributed by atoms with van der Waals surface area (Å²) in [6, 6.07) is 12.9. The molecule has 0 atom stereocenters. The molecule has 0 spiro atoms. The van der Waals surface area contributed by atoms with Crippen molar-refractivity contribution < 1.29 is 8.85 Å². The van der Waals surface area contributed by atoms with Crippen molar-refractivity contribution in [1.29, 1.82) is 0 Å². The molecule has 0 aromatic heterocycles. The molecule has 0 amide bonds. The SMILES string of the molecule is CO[Si](OC)(c1c(C)ccc2ccccc12)C(C)(C)C(C)C. The van der Waals surface area contributed by atoms with Gasteiger partial charge in [-0.3, -0.25) is 0 Å². The molecule has 0 fully saturated rings. The monoisotopic (exact) mass is 316 g/mol. The van der Waals surface area contributed by atoms with E-state index in [0.29, 0.717) is 5.92 Å². The molecule has 0 radical (unpaired) electrons. The van der Waals surface area contributed by atoms with Crippen LogP contribution in [-0.2, 0) is 8.85 Å². The first-order valence-corrected chi connectivity index (χ1v) is 9.72. The first-order chi connectivity index (χ1) is 10.3. The highest BCUT2D eigenvalue weighted by Crippen LogP contribution is 2.45. The van der Waals surface area contributed by atoms with Crippen molar-refractivity contribution in [3.8, 4) is 0 Å². The molecular weight excluding hydrogens is 288 g/mol. The van der Waals surface area contributed by atoms with Gasteiger partial charge in [0.25, 0.3) is 0 Å². The molecule has 0 saturated carbocycles. The topological polar surface area (TPSA) is 18.5 Å². The second-order valence-electron chi connectivity index (χ2n) is 6.88. The maximum Gasteiger partial charge on any atom is 0.379 e. The normalized spacial score (nSPS) is 13.1. The summed E-state index contributed by atoms with van der Waals surface area (Å²) in [6.07, 6.45) is 0. The summed E-state index contributed by atoms with van der Waals surface area (Å²) in [5.41, 5.74) is 1.25. The largest absolute Gasteiger partial charge is 0.394 e. The highest BCUT2D eigenvalue weighted by molar-refractivity contribution is 6.86. The Labute approximate surface area is 135 Å². The van der Waals surface area contributed by atoms with E-state index in [0.717, 1.165) is 0 Å². The van der Waals surface area contributed by atoms with Gasteiger partial charge in [-0.2, -0.15) is 0 Å². The predicted molar refractivity (Wildman–Crippen MR) is 97.0 cm³/mol. The van der Waals surface area contributed by atoms with Gasteiger partial charge >= 0.3 is 8.56 Å². The fourth-order valence-corrected chi connectivity index (χ4v) is 7.55. The van der Waals surface area contributed by atoms with Gasteiger partial charge in [-0.25, -0.2) is 0 Å². The van der Waals surface area contributed by atoms with Crippen molar-refractivity contribution in [2.45, 2.75) is 39.7 Å². The summed E-state index contributed by atoms with van der Waals surface area (Å²) < 4.78 is 12.4. The van der Waals surface area contributed by atoms with Crippen LogP contribution < -0.4 is 5.19 Å². The van der Waals surface area contributed by atoms with Crippen LogP contribution >= 0.6 is 0 Å². The van der Waals surface area contributed by atoms with E-state index >= 15 is 0 Å². The van der Waals surface area contributed by atoms with E-state index in [1.54, 1.807) is 14.2 Å². The van der Waals surface area contributed by atoms with Crippen LogP contribution in [0, 0.1) is 12.8 Å². The molecule has 0 heterocycles. The van der Waals surface area contributed by atoms with Crippen molar-refractivity contribution in [1.82, 2.24) is 0 Å². The Kier molecular flexibility index (Phi) is 4.80. The smallest absolute Gasteiger partial charge is 0.379 e. The summed E-state index contributed by atoms with van der Waals surface area (Å²) >= 11 is 0. The van der Waals surface area contributed by atoms with Gasteiger partial charge in [-0.1, -0.05) is 64.1 Å². The molecule has 2 aromatic carbocycles. The Hall–Kier alpha value is -1.16. The van der Waals surface area contributed by atoms with E-state index in [-0.39, 0.29) is 5.04 Å². The number of hydrogen-bond acceptors (Lipinski definition) is 2. The van der Waals surface area contributed by atoms with Gasteiger partial charge in [0.05, 0.1) is 0 Å². The lowest BCUT2D eigenvalue weighted by atomic mass is 9.99. The first-order valence-electron chi connectivity index (χ1n) is 7.91. The van der Waals surface area contributed by atoms with Gasteiger partial charge in [-0.05, 0) is 29.2 Å². The van der Waals surface area contributed by atoms with E-state index < -0.39 is 8.56 Å². The van der Waals surface area contributed by atoms with Crippen LogP contribution in [0.2, 0.25) is 5.04 Å². The number of benzene rings is 2. The third kappa shape index (κ3) is 2.41. The number of aryl methyl sites for hydroxylation is 1. The average Bonchev–Trinajstić information content (AvgIpc) is 2.50. The summed E-state index contributed by atoms with van der Waals surface area (Å²) in [7, 11) is 0.994. The van der Waals surface area contributed by atoms with Crippen LogP contribution in [0.1, 0.15) is 33.3 Å². The molecule has 0 aliphatic heterocycles. The highest BCUT2D eigenvalue weighted by Gasteiger charge is 2.55. The van der Waals surface area contributed by atoms with Crippen LogP contribution in [-0.4, -0.2) is 22.8 Å². The minimum Gasteiger partial charge on any atom is -0.394 e. The average molecular weight is 317 g/mol. The lowest BCUT2D eigenvalue weighted by Crippen LogP contribution is -2.62. The van der Waals surface area contributed by atoms with Crippen LogP contribution in [0.3, 0.4) is 0 Å². The first kappa shape index (κ1) is 17.2. The van der Waals surface area contributed by atoms with Gasteiger partial charge < -0.3 is 8.85 Å². The molecule has 120 valence electrons. The van der Waals surface area contributed by atoms with Crippen molar-refractivity contribution >= 4 is 24.5 Å². The maximum absolute atomic E-state index is 6.20. The molecule has 2 nitrogen and oxygen atoms in total. The predicted octanol–water partition coefficient (Wildman–Crippen LogP) is 4.53. The summed E-state index contributed by atoms with van der Waals surface area (Å²) in [5.74, 6) is 0.456. The molecule has 0 unspecified atom stereocenters. The summed E-state index contributed by atoms with van der Waals surface area (Å²) in [4.78, 5) is 0. The van der Waals surface area contributed by atoms with Gasteiger partial charge in [0.1, 0.15) is 0 Å². The third-order valence-corrected chi connectivity index (χ3v) is 10.1. The van der Waals surface area contributed by atoms with E-state index in [4.69, 9.17) is 8.85 Å². The second kappa shape index (κ2) is 6.15. The molecule has 0 saturated heterocycles. The van der Waals surface area contributed by atoms with Crippen LogP contribution in [0.25, 0.3) is 10.8 Å². The molecule has 0 N–H and O–H groups in total. The Morgan fingerprint density at radius 1 is 0.955 bits per heavy atom. The Balaban J connectivity index is 2.87. The van der Waals surface area contributed by atoms with Crippen molar-refractivity contribution in [3.05, 3.63) is 42.0 Å². The summed E-state index contributed by atoms with van der Waals surface area (Å²) in [6.45, 7) is 11.2. The Bertz CT molecular complexity index is 658. The van der Waals surface area contributed by atoms with Gasteiger partial charge in [-0.15, -0.1) is 0 Å². The molecule has 0 aliphatic rings. The zero-order valence-electron chi connectivity index (χ0n) is 14.9. The van der Waals surface area contributed by atoms with E-state index in [1.807, 2.05) is 0 Å². The van der Waals surface area contributed by atoms with Crippen LogP contribution in [0.15, 0.2) is 36.4 Å². The number of hydrogen-bond donors (Lipinski definition) is 0. The standard InChI is InChI=1S/C19H28O2Si/c1-14(2)19(4,5)22(20-6,21-7)18-15(3)12-13-16-10-8-9-11-17(16)18/h8-14H,1-7H3. The fourth-order valence-electron chi connectivity index (χ4n) is 3.33. The van der Waals surface area contributed by atoms with Crippen molar-refractivity contribution in [2.24, 2.45) is 5.92 Å². The molecule has 3 heteroatoms. The number of rotatable bonds is 5. The zero-order chi connectivity index (χ0) is 16.5. The Morgan fingerprint density at radius 3 is 2.09 bits per heavy atom. The van der Waals surface area contributed by atoms with Crippen molar-refractivity contribution in [3.63, 3.8) is 0 Å². The minimum absolute atomic E-state index is 0.0502. The Morgan fingerprint density at radius 2 is 1.55 bits per heavy atom. The van der Waals surface area contributed by atoms with E-state index in [1.165, 1.54) is 21.5 Å². The molecule has 0 bridgehead atoms. The van der Waals surface area contributed by atoms with Crippen LogP contribution in [0.4, 0.5) is 0 Å². The zero-order valence-corrected chi connectivity index (χ0v) is 15.9.